The number of hydrogen-bond acceptors (Lipinski definition) is 3. The lowest BCUT2D eigenvalue weighted by Crippen LogP contribution is -2.35. The number of benzene rings is 1. The minimum atomic E-state index is -2.80. The first kappa shape index (κ1) is 18.3. The lowest BCUT2D eigenvalue weighted by atomic mass is 9.99. The monoisotopic (exact) mass is 351 g/mol. The summed E-state index contributed by atoms with van der Waals surface area (Å²) < 4.78 is 26.4. The van der Waals surface area contributed by atoms with Crippen molar-refractivity contribution < 1.29 is 13.6 Å². The molecule has 6 heteroatoms. The van der Waals surface area contributed by atoms with E-state index in [1.807, 2.05) is 18.2 Å². The Hall–Kier alpha value is -1.53. The van der Waals surface area contributed by atoms with Gasteiger partial charge in [0, 0.05) is 18.7 Å². The van der Waals surface area contributed by atoms with Crippen molar-refractivity contribution in [3.05, 3.63) is 29.8 Å². The van der Waals surface area contributed by atoms with Gasteiger partial charge in [-0.15, -0.1) is 0 Å². The maximum atomic E-state index is 13.2. The summed E-state index contributed by atoms with van der Waals surface area (Å²) >= 11 is 0. The van der Waals surface area contributed by atoms with Crippen molar-refractivity contribution in [3.63, 3.8) is 0 Å². The first-order valence-electron chi connectivity index (χ1n) is 9.15. The molecule has 2 aliphatic rings. The Labute approximate surface area is 148 Å². The minimum absolute atomic E-state index is 0.389. The summed E-state index contributed by atoms with van der Waals surface area (Å²) in [5.41, 5.74) is 1.83. The zero-order chi connectivity index (χ0) is 17.9. The minimum Gasteiger partial charge on any atom is -0.325 e. The number of piperidine rings is 1. The van der Waals surface area contributed by atoms with Crippen LogP contribution in [-0.2, 0) is 11.2 Å². The molecular weight excluding hydrogens is 324 g/mol. The summed E-state index contributed by atoms with van der Waals surface area (Å²) in [7, 11) is 0. The number of likely N-dealkylation sites (tertiary alicyclic amines) is 1. The molecule has 0 aliphatic carbocycles. The van der Waals surface area contributed by atoms with Crippen LogP contribution in [0.25, 0.3) is 0 Å². The van der Waals surface area contributed by atoms with E-state index in [1.165, 1.54) is 12.8 Å². The van der Waals surface area contributed by atoms with E-state index < -0.39 is 24.9 Å². The van der Waals surface area contributed by atoms with E-state index in [1.54, 1.807) is 6.07 Å². The highest BCUT2D eigenvalue weighted by Crippen LogP contribution is 2.26. The second kappa shape index (κ2) is 7.79. The summed E-state index contributed by atoms with van der Waals surface area (Å²) in [5, 5.41) is 5.34. The molecule has 0 bridgehead atoms. The standard InChI is InChI=1S/C19H27F2N3O/c1-14-5-8-24(9-6-14)10-7-15-3-2-4-16(11-15)23-18(25)17-12-19(20,21)13-22-17/h2-4,11,14,17,22H,5-10,12-13H2,1H3,(H,23,25). The third kappa shape index (κ3) is 5.22. The van der Waals surface area contributed by atoms with Crippen molar-refractivity contribution in [2.45, 2.75) is 44.6 Å². The summed E-state index contributed by atoms with van der Waals surface area (Å²) in [6, 6.07) is 6.87. The van der Waals surface area contributed by atoms with E-state index >= 15 is 0 Å². The molecule has 25 heavy (non-hydrogen) atoms. The maximum Gasteiger partial charge on any atom is 0.262 e. The average molecular weight is 351 g/mol. The molecule has 3 rings (SSSR count). The highest BCUT2D eigenvalue weighted by molar-refractivity contribution is 5.95. The number of hydrogen-bond donors (Lipinski definition) is 2. The lowest BCUT2D eigenvalue weighted by Gasteiger charge is -2.30. The van der Waals surface area contributed by atoms with Gasteiger partial charge in [-0.2, -0.15) is 0 Å². The van der Waals surface area contributed by atoms with Crippen LogP contribution < -0.4 is 10.6 Å². The van der Waals surface area contributed by atoms with Gasteiger partial charge in [0.25, 0.3) is 5.92 Å². The van der Waals surface area contributed by atoms with Crippen LogP contribution in [0.1, 0.15) is 31.7 Å². The van der Waals surface area contributed by atoms with Crippen molar-refractivity contribution in [3.8, 4) is 0 Å². The second-order valence-corrected chi connectivity index (χ2v) is 7.46. The van der Waals surface area contributed by atoms with Gasteiger partial charge in [-0.05, 0) is 56.0 Å². The van der Waals surface area contributed by atoms with Crippen LogP contribution in [0.4, 0.5) is 14.5 Å². The van der Waals surface area contributed by atoms with Crippen molar-refractivity contribution in [1.29, 1.82) is 0 Å². The number of anilines is 1. The lowest BCUT2D eigenvalue weighted by molar-refractivity contribution is -0.118. The number of carbonyl (C=O) groups excluding carboxylic acids is 1. The number of alkyl halides is 2. The van der Waals surface area contributed by atoms with Crippen molar-refractivity contribution in [2.24, 2.45) is 5.92 Å². The van der Waals surface area contributed by atoms with Gasteiger partial charge < -0.3 is 10.2 Å². The van der Waals surface area contributed by atoms with Crippen LogP contribution in [0.5, 0.6) is 0 Å². The summed E-state index contributed by atoms with van der Waals surface area (Å²) in [5.74, 6) is -2.36. The number of nitrogens with one attached hydrogen (secondary N) is 2. The maximum absolute atomic E-state index is 13.2. The van der Waals surface area contributed by atoms with E-state index in [-0.39, 0.29) is 5.91 Å². The van der Waals surface area contributed by atoms with Crippen molar-refractivity contribution >= 4 is 11.6 Å². The number of halogens is 2. The first-order valence-corrected chi connectivity index (χ1v) is 9.15. The molecule has 0 spiro atoms. The fourth-order valence-corrected chi connectivity index (χ4v) is 3.51. The number of rotatable bonds is 5. The molecule has 1 aromatic carbocycles. The fourth-order valence-electron chi connectivity index (χ4n) is 3.51. The van der Waals surface area contributed by atoms with E-state index in [0.29, 0.717) is 5.69 Å². The van der Waals surface area contributed by atoms with Crippen LogP contribution in [-0.4, -0.2) is 49.0 Å². The molecule has 2 heterocycles. The third-order valence-corrected chi connectivity index (χ3v) is 5.21. The Balaban J connectivity index is 1.50. The third-order valence-electron chi connectivity index (χ3n) is 5.21. The Kier molecular flexibility index (Phi) is 5.69. The molecule has 0 saturated carbocycles. The molecule has 2 N–H and O–H groups in total. The number of carbonyl (C=O) groups is 1. The van der Waals surface area contributed by atoms with Gasteiger partial charge in [-0.25, -0.2) is 8.78 Å². The number of amides is 1. The molecule has 1 amide bonds. The molecule has 2 saturated heterocycles. The van der Waals surface area contributed by atoms with Gasteiger partial charge in [0.15, 0.2) is 0 Å². The zero-order valence-electron chi connectivity index (χ0n) is 14.7. The Morgan fingerprint density at radius 2 is 2.12 bits per heavy atom. The SMILES string of the molecule is CC1CCN(CCc2cccc(NC(=O)C3CC(F)(F)CN3)c2)CC1. The zero-order valence-corrected chi connectivity index (χ0v) is 14.7. The predicted octanol–water partition coefficient (Wildman–Crippen LogP) is 2.90. The molecule has 0 aromatic heterocycles. The van der Waals surface area contributed by atoms with Crippen LogP contribution in [0.3, 0.4) is 0 Å². The van der Waals surface area contributed by atoms with E-state index in [2.05, 4.69) is 22.5 Å². The highest BCUT2D eigenvalue weighted by atomic mass is 19.3. The van der Waals surface area contributed by atoms with Gasteiger partial charge in [0.2, 0.25) is 5.91 Å². The van der Waals surface area contributed by atoms with Gasteiger partial charge >= 0.3 is 0 Å². The van der Waals surface area contributed by atoms with Gasteiger partial charge in [-0.1, -0.05) is 19.1 Å². The van der Waals surface area contributed by atoms with Crippen LogP contribution in [0.15, 0.2) is 24.3 Å². The van der Waals surface area contributed by atoms with Crippen LogP contribution in [0, 0.1) is 5.92 Å². The van der Waals surface area contributed by atoms with Crippen LogP contribution in [0.2, 0.25) is 0 Å². The molecule has 1 unspecified atom stereocenters. The summed E-state index contributed by atoms with van der Waals surface area (Å²) in [6.45, 7) is 5.19. The number of nitrogens with zero attached hydrogens (tertiary/aromatic N) is 1. The fraction of sp³-hybridized carbons (Fsp3) is 0.632. The topological polar surface area (TPSA) is 44.4 Å². The quantitative estimate of drug-likeness (QED) is 0.857. The van der Waals surface area contributed by atoms with Crippen molar-refractivity contribution in [1.82, 2.24) is 10.2 Å². The summed E-state index contributed by atoms with van der Waals surface area (Å²) in [6.07, 6.45) is 3.01. The summed E-state index contributed by atoms with van der Waals surface area (Å²) in [4.78, 5) is 14.6. The molecule has 1 atom stereocenters. The molecule has 2 aliphatic heterocycles. The van der Waals surface area contributed by atoms with Gasteiger partial charge in [0.05, 0.1) is 12.6 Å². The predicted molar refractivity (Wildman–Crippen MR) is 95.0 cm³/mol. The Morgan fingerprint density at radius 1 is 1.36 bits per heavy atom. The largest absolute Gasteiger partial charge is 0.325 e. The molecule has 1 aromatic rings. The van der Waals surface area contributed by atoms with Crippen LogP contribution >= 0.6 is 0 Å². The Morgan fingerprint density at radius 3 is 2.80 bits per heavy atom. The highest BCUT2D eigenvalue weighted by Gasteiger charge is 2.42. The Bertz CT molecular complexity index is 600. The van der Waals surface area contributed by atoms with E-state index in [4.69, 9.17) is 0 Å². The molecule has 2 fully saturated rings. The normalized spacial score (nSPS) is 24.4. The second-order valence-electron chi connectivity index (χ2n) is 7.46. The first-order chi connectivity index (χ1) is 11.9. The van der Waals surface area contributed by atoms with E-state index in [9.17, 15) is 13.6 Å². The van der Waals surface area contributed by atoms with Gasteiger partial charge in [0.1, 0.15) is 0 Å². The molecule has 0 radical (unpaired) electrons. The smallest absolute Gasteiger partial charge is 0.262 e. The molecule has 138 valence electrons. The van der Waals surface area contributed by atoms with Crippen molar-refractivity contribution in [2.75, 3.05) is 31.5 Å². The van der Waals surface area contributed by atoms with E-state index in [0.717, 1.165) is 37.5 Å². The van der Waals surface area contributed by atoms with Gasteiger partial charge in [-0.3, -0.25) is 10.1 Å². The molecular formula is C19H27F2N3O. The average Bonchev–Trinajstić information content (AvgIpc) is 2.95. The molecule has 4 nitrogen and oxygen atoms in total.